The van der Waals surface area contributed by atoms with Crippen LogP contribution in [0.3, 0.4) is 0 Å². The summed E-state index contributed by atoms with van der Waals surface area (Å²) >= 11 is 0. The van der Waals surface area contributed by atoms with Crippen LogP contribution in [0.5, 0.6) is 0 Å². The summed E-state index contributed by atoms with van der Waals surface area (Å²) in [6.07, 6.45) is 1.07. The van der Waals surface area contributed by atoms with Crippen LogP contribution in [0.15, 0.2) is 18.2 Å². The van der Waals surface area contributed by atoms with Gasteiger partial charge < -0.3 is 4.57 Å². The van der Waals surface area contributed by atoms with Crippen LogP contribution in [-0.2, 0) is 13.0 Å². The largest absolute Gasteiger partial charge is 0.344 e. The number of hydrogen-bond acceptors (Lipinski definition) is 1. The number of H-pyrrole nitrogens is 1. The average Bonchev–Trinajstić information content (AvgIpc) is 2.95. The fourth-order valence-electron chi connectivity index (χ4n) is 3.59. The van der Waals surface area contributed by atoms with Crippen molar-refractivity contribution in [1.29, 1.82) is 0 Å². The monoisotopic (exact) mass is 281 g/mol. The number of hydrogen-bond donors (Lipinski definition) is 1. The van der Waals surface area contributed by atoms with Crippen LogP contribution in [0.1, 0.15) is 36.5 Å². The summed E-state index contributed by atoms with van der Waals surface area (Å²) in [6, 6.07) is 6.64. The van der Waals surface area contributed by atoms with Crippen molar-refractivity contribution in [3.63, 3.8) is 0 Å². The van der Waals surface area contributed by atoms with E-state index in [0.29, 0.717) is 0 Å². The molecule has 0 aliphatic carbocycles. The van der Waals surface area contributed by atoms with E-state index in [9.17, 15) is 0 Å². The number of nitrogens with one attached hydrogen (secondary N) is 1. The van der Waals surface area contributed by atoms with Gasteiger partial charge in [-0.2, -0.15) is 5.10 Å². The molecule has 2 heterocycles. The average molecular weight is 281 g/mol. The van der Waals surface area contributed by atoms with Crippen LogP contribution in [0, 0.1) is 20.8 Å². The van der Waals surface area contributed by atoms with Gasteiger partial charge in [0.25, 0.3) is 0 Å². The van der Waals surface area contributed by atoms with Gasteiger partial charge in [0.1, 0.15) is 0 Å². The van der Waals surface area contributed by atoms with Crippen molar-refractivity contribution >= 4 is 10.9 Å². The first-order chi connectivity index (χ1) is 10.1. The zero-order valence-corrected chi connectivity index (χ0v) is 13.5. The first-order valence-electron chi connectivity index (χ1n) is 7.72. The van der Waals surface area contributed by atoms with Gasteiger partial charge >= 0.3 is 0 Å². The summed E-state index contributed by atoms with van der Waals surface area (Å²) in [7, 11) is 0. The van der Waals surface area contributed by atoms with Crippen molar-refractivity contribution in [2.45, 2.75) is 47.6 Å². The zero-order valence-electron chi connectivity index (χ0n) is 13.5. The van der Waals surface area contributed by atoms with Gasteiger partial charge in [-0.25, -0.2) is 0 Å². The fourth-order valence-corrected chi connectivity index (χ4v) is 3.59. The van der Waals surface area contributed by atoms with Crippen molar-refractivity contribution in [3.8, 4) is 11.1 Å². The summed E-state index contributed by atoms with van der Waals surface area (Å²) in [4.78, 5) is 0. The smallest absolute Gasteiger partial charge is 0.0673 e. The lowest BCUT2D eigenvalue weighted by Crippen LogP contribution is -1.98. The number of fused-ring (bicyclic) bond motifs is 1. The lowest BCUT2D eigenvalue weighted by molar-refractivity contribution is 0.763. The molecule has 0 unspecified atom stereocenters. The van der Waals surface area contributed by atoms with Crippen LogP contribution < -0.4 is 0 Å². The van der Waals surface area contributed by atoms with Gasteiger partial charge in [-0.15, -0.1) is 0 Å². The summed E-state index contributed by atoms with van der Waals surface area (Å²) in [6.45, 7) is 11.9. The first kappa shape index (κ1) is 13.9. The zero-order chi connectivity index (χ0) is 15.1. The van der Waals surface area contributed by atoms with Crippen LogP contribution in [0.25, 0.3) is 22.0 Å². The number of benzene rings is 1. The van der Waals surface area contributed by atoms with Crippen molar-refractivity contribution in [1.82, 2.24) is 14.8 Å². The summed E-state index contributed by atoms with van der Waals surface area (Å²) in [5, 5.41) is 8.87. The molecule has 0 saturated carbocycles. The normalized spacial score (nSPS) is 11.5. The van der Waals surface area contributed by atoms with Crippen molar-refractivity contribution in [3.05, 3.63) is 40.8 Å². The van der Waals surface area contributed by atoms with E-state index in [1.165, 1.54) is 33.3 Å². The molecule has 0 bridgehead atoms. The van der Waals surface area contributed by atoms with E-state index in [4.69, 9.17) is 0 Å². The van der Waals surface area contributed by atoms with Gasteiger partial charge in [0.05, 0.1) is 11.2 Å². The molecule has 2 aromatic heterocycles. The Balaban J connectivity index is 2.45. The molecule has 3 rings (SSSR count). The quantitative estimate of drug-likeness (QED) is 0.751. The highest BCUT2D eigenvalue weighted by molar-refractivity contribution is 5.98. The minimum atomic E-state index is 0.995. The molecule has 21 heavy (non-hydrogen) atoms. The molecule has 0 fully saturated rings. The maximum atomic E-state index is 4.37. The molecule has 1 N–H and O–H groups in total. The van der Waals surface area contributed by atoms with Crippen LogP contribution in [-0.4, -0.2) is 14.8 Å². The van der Waals surface area contributed by atoms with Gasteiger partial charge in [0, 0.05) is 34.4 Å². The van der Waals surface area contributed by atoms with E-state index in [-0.39, 0.29) is 0 Å². The lowest BCUT2D eigenvalue weighted by Gasteiger charge is -2.10. The molecule has 110 valence electrons. The van der Waals surface area contributed by atoms with Gasteiger partial charge in [-0.3, -0.25) is 5.10 Å². The molecule has 0 atom stereocenters. The first-order valence-corrected chi connectivity index (χ1v) is 7.72. The molecule has 0 saturated heterocycles. The van der Waals surface area contributed by atoms with E-state index >= 15 is 0 Å². The second-order valence-electron chi connectivity index (χ2n) is 5.67. The maximum Gasteiger partial charge on any atom is 0.0673 e. The number of para-hydroxylation sites is 1. The molecule has 0 aliphatic rings. The minimum Gasteiger partial charge on any atom is -0.344 e. The van der Waals surface area contributed by atoms with Crippen molar-refractivity contribution < 1.29 is 0 Å². The molecule has 0 spiro atoms. The van der Waals surface area contributed by atoms with Gasteiger partial charge in [0.15, 0.2) is 0 Å². The predicted molar refractivity (Wildman–Crippen MR) is 88.8 cm³/mol. The van der Waals surface area contributed by atoms with E-state index in [0.717, 1.165) is 24.4 Å². The number of nitrogens with zero attached hydrogens (tertiary/aromatic N) is 2. The number of aryl methyl sites for hydroxylation is 4. The third-order valence-electron chi connectivity index (χ3n) is 4.54. The summed E-state index contributed by atoms with van der Waals surface area (Å²) in [5.41, 5.74) is 8.95. The van der Waals surface area contributed by atoms with Crippen LogP contribution >= 0.6 is 0 Å². The minimum absolute atomic E-state index is 0.995. The number of rotatable bonds is 3. The molecule has 1 aromatic carbocycles. The SMILES string of the molecule is CCc1c(C)n(CC)c2c(-c3c(C)n[nH]c3C)cccc12. The third-order valence-corrected chi connectivity index (χ3v) is 4.54. The molecular weight excluding hydrogens is 258 g/mol. The Bertz CT molecular complexity index is 786. The number of aromatic nitrogens is 3. The maximum absolute atomic E-state index is 4.37. The second-order valence-corrected chi connectivity index (χ2v) is 5.67. The molecule has 0 radical (unpaired) electrons. The Morgan fingerprint density at radius 1 is 1.14 bits per heavy atom. The highest BCUT2D eigenvalue weighted by Crippen LogP contribution is 2.36. The highest BCUT2D eigenvalue weighted by atomic mass is 15.1. The molecule has 0 amide bonds. The highest BCUT2D eigenvalue weighted by Gasteiger charge is 2.18. The molecule has 3 heteroatoms. The second kappa shape index (κ2) is 5.06. The van der Waals surface area contributed by atoms with E-state index < -0.39 is 0 Å². The summed E-state index contributed by atoms with van der Waals surface area (Å²) < 4.78 is 2.44. The van der Waals surface area contributed by atoms with Gasteiger partial charge in [-0.1, -0.05) is 25.1 Å². The van der Waals surface area contributed by atoms with E-state index in [1.54, 1.807) is 0 Å². The van der Waals surface area contributed by atoms with Crippen molar-refractivity contribution in [2.75, 3.05) is 0 Å². The van der Waals surface area contributed by atoms with Crippen molar-refractivity contribution in [2.24, 2.45) is 0 Å². The molecule has 3 aromatic rings. The van der Waals surface area contributed by atoms with Gasteiger partial charge in [0.2, 0.25) is 0 Å². The van der Waals surface area contributed by atoms with E-state index in [1.807, 2.05) is 0 Å². The summed E-state index contributed by atoms with van der Waals surface area (Å²) in [5.74, 6) is 0. The van der Waals surface area contributed by atoms with Gasteiger partial charge in [-0.05, 0) is 39.7 Å². The molecule has 0 aliphatic heterocycles. The predicted octanol–water partition coefficient (Wildman–Crippen LogP) is 4.54. The molecular formula is C18H23N3. The molecule has 3 nitrogen and oxygen atoms in total. The van der Waals surface area contributed by atoms with Crippen LogP contribution in [0.4, 0.5) is 0 Å². The van der Waals surface area contributed by atoms with E-state index in [2.05, 4.69) is 67.6 Å². The lowest BCUT2D eigenvalue weighted by atomic mass is 9.99. The number of aromatic amines is 1. The van der Waals surface area contributed by atoms with Crippen LogP contribution in [0.2, 0.25) is 0 Å². The Labute approximate surface area is 126 Å². The third kappa shape index (κ3) is 1.91. The Morgan fingerprint density at radius 2 is 1.90 bits per heavy atom. The topological polar surface area (TPSA) is 33.6 Å². The standard InChI is InChI=1S/C18H23N3/c1-6-14-13(5)21(7-2)18-15(14)9-8-10-16(18)17-11(3)19-20-12(17)4/h8-10H,6-7H2,1-5H3,(H,19,20). The Morgan fingerprint density at radius 3 is 2.48 bits per heavy atom. The Kier molecular flexibility index (Phi) is 3.36. The fraction of sp³-hybridized carbons (Fsp3) is 0.389. The Hall–Kier alpha value is -2.03.